The van der Waals surface area contributed by atoms with Crippen LogP contribution in [-0.4, -0.2) is 12.6 Å². The lowest BCUT2D eigenvalue weighted by molar-refractivity contribution is 0.0846. The lowest BCUT2D eigenvalue weighted by Crippen LogP contribution is -2.26. The normalized spacial score (nSPS) is 22.3. The van der Waals surface area contributed by atoms with Gasteiger partial charge in [0.15, 0.2) is 0 Å². The summed E-state index contributed by atoms with van der Waals surface area (Å²) in [7, 11) is 0. The van der Waals surface area contributed by atoms with Gasteiger partial charge in [-0.3, -0.25) is 0 Å². The van der Waals surface area contributed by atoms with Gasteiger partial charge in [0.25, 0.3) is 0 Å². The van der Waals surface area contributed by atoms with Crippen LogP contribution in [0.2, 0.25) is 0 Å². The highest BCUT2D eigenvalue weighted by Crippen LogP contribution is 2.30. The fourth-order valence-electron chi connectivity index (χ4n) is 1.08. The van der Waals surface area contributed by atoms with Gasteiger partial charge in [0.05, 0.1) is 0 Å². The zero-order valence-electron chi connectivity index (χ0n) is 5.59. The monoisotopic (exact) mass is 127 g/mol. The molecule has 0 N–H and O–H groups in total. The molecule has 1 radical (unpaired) electrons. The first kappa shape index (κ1) is 6.59. The van der Waals surface area contributed by atoms with Gasteiger partial charge in [-0.2, -0.15) is 0 Å². The van der Waals surface area contributed by atoms with Gasteiger partial charge in [0.1, 0.15) is 6.10 Å². The molecule has 2 heteroatoms. The van der Waals surface area contributed by atoms with E-state index in [1.165, 1.54) is 25.7 Å². The molecule has 0 aliphatic heterocycles. The maximum absolute atomic E-state index is 9.71. The Balaban J connectivity index is 2.15. The van der Waals surface area contributed by atoms with Crippen LogP contribution in [0, 0.1) is 5.92 Å². The first-order valence-corrected chi connectivity index (χ1v) is 3.37. The molecule has 0 amide bonds. The standard InChI is InChI=1S/C7H11O2/c1-6(9-5-8)7-3-2-4-7/h6-7H,2-4H2,1H3. The lowest BCUT2D eigenvalue weighted by atomic mass is 9.82. The molecule has 0 aromatic carbocycles. The molecule has 1 aliphatic rings. The third-order valence-corrected chi connectivity index (χ3v) is 2.05. The first-order valence-electron chi connectivity index (χ1n) is 3.37. The number of rotatable bonds is 3. The predicted octanol–water partition coefficient (Wildman–Crippen LogP) is 1.26. The van der Waals surface area contributed by atoms with Gasteiger partial charge in [-0.1, -0.05) is 6.42 Å². The van der Waals surface area contributed by atoms with Crippen molar-refractivity contribution in [2.75, 3.05) is 0 Å². The summed E-state index contributed by atoms with van der Waals surface area (Å²) in [5, 5.41) is 0. The molecule has 1 fully saturated rings. The van der Waals surface area contributed by atoms with Crippen molar-refractivity contribution in [3.8, 4) is 0 Å². The van der Waals surface area contributed by atoms with E-state index >= 15 is 0 Å². The Morgan fingerprint density at radius 1 is 1.67 bits per heavy atom. The third kappa shape index (κ3) is 1.44. The zero-order valence-corrected chi connectivity index (χ0v) is 5.59. The van der Waals surface area contributed by atoms with E-state index in [2.05, 4.69) is 4.74 Å². The van der Waals surface area contributed by atoms with Crippen molar-refractivity contribution in [3.05, 3.63) is 0 Å². The predicted molar refractivity (Wildman–Crippen MR) is 33.6 cm³/mol. The fourth-order valence-corrected chi connectivity index (χ4v) is 1.08. The van der Waals surface area contributed by atoms with Crippen molar-refractivity contribution >= 4 is 6.47 Å². The molecular formula is C7H11O2. The second kappa shape index (κ2) is 2.85. The Labute approximate surface area is 55.2 Å². The SMILES string of the molecule is CC(O[C]=O)C1CCC1. The van der Waals surface area contributed by atoms with Crippen LogP contribution in [0.4, 0.5) is 0 Å². The van der Waals surface area contributed by atoms with Crippen LogP contribution >= 0.6 is 0 Å². The molecule has 2 nitrogen and oxygen atoms in total. The number of hydrogen-bond acceptors (Lipinski definition) is 2. The Kier molecular flexibility index (Phi) is 2.09. The molecule has 1 unspecified atom stereocenters. The summed E-state index contributed by atoms with van der Waals surface area (Å²) in [6.45, 7) is 3.39. The summed E-state index contributed by atoms with van der Waals surface area (Å²) in [5.74, 6) is 0.617. The van der Waals surface area contributed by atoms with Gasteiger partial charge < -0.3 is 4.74 Å². The molecule has 1 aliphatic carbocycles. The summed E-state index contributed by atoms with van der Waals surface area (Å²) < 4.78 is 4.64. The van der Waals surface area contributed by atoms with Gasteiger partial charge in [-0.15, -0.1) is 0 Å². The van der Waals surface area contributed by atoms with Crippen molar-refractivity contribution in [2.45, 2.75) is 32.3 Å². The minimum atomic E-state index is 0.0937. The highest BCUT2D eigenvalue weighted by Gasteiger charge is 2.24. The molecule has 0 saturated heterocycles. The topological polar surface area (TPSA) is 26.3 Å². The van der Waals surface area contributed by atoms with Crippen LogP contribution in [0.5, 0.6) is 0 Å². The first-order chi connectivity index (χ1) is 4.34. The molecule has 0 aromatic rings. The average Bonchev–Trinajstić information content (AvgIpc) is 1.60. The number of hydrogen-bond donors (Lipinski definition) is 0. The van der Waals surface area contributed by atoms with Crippen molar-refractivity contribution in [1.82, 2.24) is 0 Å². The van der Waals surface area contributed by atoms with Crippen LogP contribution in [0.1, 0.15) is 26.2 Å². The van der Waals surface area contributed by atoms with E-state index in [0.29, 0.717) is 5.92 Å². The van der Waals surface area contributed by atoms with Crippen LogP contribution in [0.15, 0.2) is 0 Å². The minimum Gasteiger partial charge on any atom is -0.454 e. The van der Waals surface area contributed by atoms with E-state index in [0.717, 1.165) is 0 Å². The third-order valence-electron chi connectivity index (χ3n) is 2.05. The molecule has 0 bridgehead atoms. The maximum Gasteiger partial charge on any atom is 0.417 e. The second-order valence-electron chi connectivity index (χ2n) is 2.60. The van der Waals surface area contributed by atoms with Gasteiger partial charge in [-0.25, -0.2) is 4.79 Å². The molecule has 0 spiro atoms. The highest BCUT2D eigenvalue weighted by atomic mass is 16.5. The highest BCUT2D eigenvalue weighted by molar-refractivity contribution is 5.38. The summed E-state index contributed by atoms with van der Waals surface area (Å²) in [4.78, 5) is 9.71. The lowest BCUT2D eigenvalue weighted by Gasteiger charge is -2.29. The molecule has 0 heterocycles. The molecular weight excluding hydrogens is 116 g/mol. The molecule has 51 valence electrons. The summed E-state index contributed by atoms with van der Waals surface area (Å²) in [6.07, 6.45) is 3.80. The van der Waals surface area contributed by atoms with Crippen molar-refractivity contribution < 1.29 is 9.53 Å². The quantitative estimate of drug-likeness (QED) is 0.570. The number of ether oxygens (including phenoxy) is 1. The summed E-state index contributed by atoms with van der Waals surface area (Å²) in [5.41, 5.74) is 0. The van der Waals surface area contributed by atoms with Crippen LogP contribution in [0.3, 0.4) is 0 Å². The van der Waals surface area contributed by atoms with Crippen LogP contribution in [-0.2, 0) is 9.53 Å². The van der Waals surface area contributed by atoms with Gasteiger partial charge >= 0.3 is 6.47 Å². The summed E-state index contributed by atoms with van der Waals surface area (Å²) >= 11 is 0. The van der Waals surface area contributed by atoms with Crippen LogP contribution in [0.25, 0.3) is 0 Å². The maximum atomic E-state index is 9.71. The van der Waals surface area contributed by atoms with E-state index in [9.17, 15) is 4.79 Å². The Hall–Kier alpha value is -0.530. The van der Waals surface area contributed by atoms with Crippen LogP contribution < -0.4 is 0 Å². The molecule has 1 atom stereocenters. The van der Waals surface area contributed by atoms with Gasteiger partial charge in [-0.05, 0) is 25.7 Å². The van der Waals surface area contributed by atoms with E-state index < -0.39 is 0 Å². The van der Waals surface area contributed by atoms with E-state index in [1.54, 1.807) is 0 Å². The van der Waals surface area contributed by atoms with E-state index in [4.69, 9.17) is 0 Å². The summed E-state index contributed by atoms with van der Waals surface area (Å²) in [6, 6.07) is 0. The fraction of sp³-hybridized carbons (Fsp3) is 0.857. The average molecular weight is 127 g/mol. The number of carbonyl (C=O) groups excluding carboxylic acids is 1. The van der Waals surface area contributed by atoms with E-state index in [-0.39, 0.29) is 6.10 Å². The van der Waals surface area contributed by atoms with Crippen molar-refractivity contribution in [3.63, 3.8) is 0 Å². The van der Waals surface area contributed by atoms with Gasteiger partial charge in [0.2, 0.25) is 0 Å². The van der Waals surface area contributed by atoms with Crippen molar-refractivity contribution in [2.24, 2.45) is 5.92 Å². The zero-order chi connectivity index (χ0) is 6.69. The molecule has 1 saturated carbocycles. The molecule has 1 rings (SSSR count). The smallest absolute Gasteiger partial charge is 0.417 e. The van der Waals surface area contributed by atoms with Crippen molar-refractivity contribution in [1.29, 1.82) is 0 Å². The Morgan fingerprint density at radius 2 is 2.33 bits per heavy atom. The minimum absolute atomic E-state index is 0.0937. The Morgan fingerprint density at radius 3 is 2.67 bits per heavy atom. The Bertz CT molecular complexity index is 97.1. The van der Waals surface area contributed by atoms with Gasteiger partial charge in [0, 0.05) is 0 Å². The largest absolute Gasteiger partial charge is 0.454 e. The second-order valence-corrected chi connectivity index (χ2v) is 2.60. The molecule has 9 heavy (non-hydrogen) atoms. The van der Waals surface area contributed by atoms with E-state index in [1.807, 2.05) is 6.92 Å². The molecule has 0 aromatic heterocycles.